The van der Waals surface area contributed by atoms with Crippen molar-refractivity contribution in [1.82, 2.24) is 0 Å². The SMILES string of the molecule is CCc1ccccc1OCC(=O)Nc1cc(NC(C)=O)ccc1OC. The molecule has 0 bridgehead atoms. The van der Waals surface area contributed by atoms with Crippen LogP contribution in [0, 0.1) is 0 Å². The van der Waals surface area contributed by atoms with E-state index in [2.05, 4.69) is 10.6 Å². The monoisotopic (exact) mass is 342 g/mol. The summed E-state index contributed by atoms with van der Waals surface area (Å²) in [6, 6.07) is 12.6. The first kappa shape index (κ1) is 18.3. The van der Waals surface area contributed by atoms with Crippen molar-refractivity contribution in [3.05, 3.63) is 48.0 Å². The van der Waals surface area contributed by atoms with Gasteiger partial charge in [0.1, 0.15) is 11.5 Å². The van der Waals surface area contributed by atoms with Crippen molar-refractivity contribution in [3.63, 3.8) is 0 Å². The minimum Gasteiger partial charge on any atom is -0.495 e. The van der Waals surface area contributed by atoms with Crippen molar-refractivity contribution in [2.75, 3.05) is 24.4 Å². The number of nitrogens with one attached hydrogen (secondary N) is 2. The molecule has 0 saturated carbocycles. The van der Waals surface area contributed by atoms with Gasteiger partial charge in [-0.2, -0.15) is 0 Å². The molecule has 0 saturated heterocycles. The van der Waals surface area contributed by atoms with Crippen molar-refractivity contribution < 1.29 is 19.1 Å². The number of carbonyl (C=O) groups is 2. The summed E-state index contributed by atoms with van der Waals surface area (Å²) in [7, 11) is 1.51. The van der Waals surface area contributed by atoms with Gasteiger partial charge in [-0.1, -0.05) is 25.1 Å². The molecular formula is C19H22N2O4. The van der Waals surface area contributed by atoms with Gasteiger partial charge in [0.25, 0.3) is 5.91 Å². The summed E-state index contributed by atoms with van der Waals surface area (Å²) in [6.07, 6.45) is 0.824. The molecule has 0 heterocycles. The van der Waals surface area contributed by atoms with Gasteiger partial charge < -0.3 is 20.1 Å². The van der Waals surface area contributed by atoms with Crippen LogP contribution >= 0.6 is 0 Å². The lowest BCUT2D eigenvalue weighted by Crippen LogP contribution is -2.21. The highest BCUT2D eigenvalue weighted by Gasteiger charge is 2.11. The number of ether oxygens (including phenoxy) is 2. The normalized spacial score (nSPS) is 10.0. The van der Waals surface area contributed by atoms with E-state index in [9.17, 15) is 9.59 Å². The summed E-state index contributed by atoms with van der Waals surface area (Å²) < 4.78 is 10.8. The van der Waals surface area contributed by atoms with E-state index in [0.29, 0.717) is 22.9 Å². The zero-order valence-corrected chi connectivity index (χ0v) is 14.6. The van der Waals surface area contributed by atoms with Crippen LogP contribution in [0.25, 0.3) is 0 Å². The number of hydrogen-bond donors (Lipinski definition) is 2. The Hall–Kier alpha value is -3.02. The number of anilines is 2. The molecule has 6 heteroatoms. The van der Waals surface area contributed by atoms with Crippen LogP contribution in [0.4, 0.5) is 11.4 Å². The fourth-order valence-corrected chi connectivity index (χ4v) is 2.35. The van der Waals surface area contributed by atoms with Crippen molar-refractivity contribution in [1.29, 1.82) is 0 Å². The molecule has 25 heavy (non-hydrogen) atoms. The van der Waals surface area contributed by atoms with Crippen LogP contribution in [0.3, 0.4) is 0 Å². The van der Waals surface area contributed by atoms with Gasteiger partial charge in [-0.05, 0) is 36.2 Å². The first-order chi connectivity index (χ1) is 12.0. The van der Waals surface area contributed by atoms with Crippen LogP contribution in [0.5, 0.6) is 11.5 Å². The van der Waals surface area contributed by atoms with E-state index in [1.807, 2.05) is 31.2 Å². The number of amides is 2. The smallest absolute Gasteiger partial charge is 0.262 e. The van der Waals surface area contributed by atoms with Gasteiger partial charge in [-0.25, -0.2) is 0 Å². The molecule has 0 radical (unpaired) electrons. The third-order valence-corrected chi connectivity index (χ3v) is 3.51. The second-order valence-electron chi connectivity index (χ2n) is 5.39. The Balaban J connectivity index is 2.05. The van der Waals surface area contributed by atoms with E-state index in [0.717, 1.165) is 12.0 Å². The number of rotatable bonds is 7. The van der Waals surface area contributed by atoms with Gasteiger partial charge in [0.15, 0.2) is 6.61 Å². The Kier molecular flexibility index (Phi) is 6.39. The third-order valence-electron chi connectivity index (χ3n) is 3.51. The lowest BCUT2D eigenvalue weighted by Gasteiger charge is -2.13. The number of para-hydroxylation sites is 1. The van der Waals surface area contributed by atoms with E-state index in [-0.39, 0.29) is 18.4 Å². The second-order valence-corrected chi connectivity index (χ2v) is 5.39. The molecule has 2 rings (SSSR count). The van der Waals surface area contributed by atoms with E-state index in [4.69, 9.17) is 9.47 Å². The molecule has 6 nitrogen and oxygen atoms in total. The largest absolute Gasteiger partial charge is 0.495 e. The van der Waals surface area contributed by atoms with Crippen LogP contribution in [0.2, 0.25) is 0 Å². The molecule has 2 N–H and O–H groups in total. The van der Waals surface area contributed by atoms with E-state index >= 15 is 0 Å². The molecule has 2 aromatic rings. The summed E-state index contributed by atoms with van der Waals surface area (Å²) >= 11 is 0. The van der Waals surface area contributed by atoms with E-state index < -0.39 is 0 Å². The molecule has 0 aliphatic rings. The average molecular weight is 342 g/mol. The molecule has 2 aromatic carbocycles. The van der Waals surface area contributed by atoms with Crippen LogP contribution in [-0.4, -0.2) is 25.5 Å². The fourth-order valence-electron chi connectivity index (χ4n) is 2.35. The molecule has 132 valence electrons. The molecule has 0 fully saturated rings. The topological polar surface area (TPSA) is 76.7 Å². The minimum atomic E-state index is -0.316. The minimum absolute atomic E-state index is 0.121. The molecule has 0 atom stereocenters. The number of hydrogen-bond acceptors (Lipinski definition) is 4. The predicted molar refractivity (Wildman–Crippen MR) is 97.2 cm³/mol. The van der Waals surface area contributed by atoms with Gasteiger partial charge >= 0.3 is 0 Å². The number of carbonyl (C=O) groups excluding carboxylic acids is 2. The van der Waals surface area contributed by atoms with Crippen LogP contribution in [0.1, 0.15) is 19.4 Å². The standard InChI is InChI=1S/C19H22N2O4/c1-4-14-7-5-6-8-17(14)25-12-19(23)21-16-11-15(20-13(2)22)9-10-18(16)24-3/h5-11H,4,12H2,1-3H3,(H,20,22)(H,21,23). The Morgan fingerprint density at radius 3 is 2.48 bits per heavy atom. The van der Waals surface area contributed by atoms with Gasteiger partial charge in [0, 0.05) is 12.6 Å². The summed E-state index contributed by atoms with van der Waals surface area (Å²) in [6.45, 7) is 3.33. The van der Waals surface area contributed by atoms with Crippen molar-refractivity contribution in [2.45, 2.75) is 20.3 Å². The maximum Gasteiger partial charge on any atom is 0.262 e. The van der Waals surface area contributed by atoms with Gasteiger partial charge in [-0.15, -0.1) is 0 Å². The second kappa shape index (κ2) is 8.73. The molecule has 0 spiro atoms. The quantitative estimate of drug-likeness (QED) is 0.810. The van der Waals surface area contributed by atoms with Crippen LogP contribution in [0.15, 0.2) is 42.5 Å². The highest BCUT2D eigenvalue weighted by atomic mass is 16.5. The maximum atomic E-state index is 12.2. The first-order valence-electron chi connectivity index (χ1n) is 7.99. The summed E-state index contributed by atoms with van der Waals surface area (Å²) in [5.74, 6) is 0.682. The summed E-state index contributed by atoms with van der Waals surface area (Å²) in [5.41, 5.74) is 2.08. The fraction of sp³-hybridized carbons (Fsp3) is 0.263. The average Bonchev–Trinajstić information content (AvgIpc) is 2.60. The summed E-state index contributed by atoms with van der Waals surface area (Å²) in [4.78, 5) is 23.4. The Labute approximate surface area is 147 Å². The Morgan fingerprint density at radius 1 is 1.04 bits per heavy atom. The number of methoxy groups -OCH3 is 1. The number of aryl methyl sites for hydroxylation is 1. The van der Waals surface area contributed by atoms with Crippen LogP contribution < -0.4 is 20.1 Å². The number of benzene rings is 2. The molecule has 0 unspecified atom stereocenters. The highest BCUT2D eigenvalue weighted by Crippen LogP contribution is 2.28. The van der Waals surface area contributed by atoms with Crippen molar-refractivity contribution >= 4 is 23.2 Å². The first-order valence-corrected chi connectivity index (χ1v) is 7.99. The lowest BCUT2D eigenvalue weighted by molar-refractivity contribution is -0.118. The van der Waals surface area contributed by atoms with Gasteiger partial charge in [0.2, 0.25) is 5.91 Å². The predicted octanol–water partition coefficient (Wildman–Crippen LogP) is 3.23. The zero-order valence-electron chi connectivity index (χ0n) is 14.6. The van der Waals surface area contributed by atoms with Crippen molar-refractivity contribution in [3.8, 4) is 11.5 Å². The molecular weight excluding hydrogens is 320 g/mol. The van der Waals surface area contributed by atoms with Gasteiger partial charge in [0.05, 0.1) is 12.8 Å². The third kappa shape index (κ3) is 5.24. The lowest BCUT2D eigenvalue weighted by atomic mass is 10.1. The molecule has 2 amide bonds. The molecule has 0 aromatic heterocycles. The maximum absolute atomic E-state index is 12.2. The zero-order chi connectivity index (χ0) is 18.2. The Morgan fingerprint density at radius 2 is 1.80 bits per heavy atom. The van der Waals surface area contributed by atoms with Crippen molar-refractivity contribution in [2.24, 2.45) is 0 Å². The highest BCUT2D eigenvalue weighted by molar-refractivity contribution is 5.95. The Bertz CT molecular complexity index is 759. The van der Waals surface area contributed by atoms with Crippen LogP contribution in [-0.2, 0) is 16.0 Å². The summed E-state index contributed by atoms with van der Waals surface area (Å²) in [5, 5.41) is 5.41. The van der Waals surface area contributed by atoms with E-state index in [1.165, 1.54) is 14.0 Å². The molecule has 0 aliphatic carbocycles. The molecule has 0 aliphatic heterocycles. The van der Waals surface area contributed by atoms with Gasteiger partial charge in [-0.3, -0.25) is 9.59 Å². The van der Waals surface area contributed by atoms with E-state index in [1.54, 1.807) is 18.2 Å².